The van der Waals surface area contributed by atoms with Gasteiger partial charge in [-0.15, -0.1) is 0 Å². The second-order valence-electron chi connectivity index (χ2n) is 6.77. The fraction of sp³-hybridized carbons (Fsp3) is 0.933. The highest BCUT2D eigenvalue weighted by atomic mass is 16.2. The number of amides is 1. The average molecular weight is 250 g/mol. The minimum atomic E-state index is 0.275. The van der Waals surface area contributed by atoms with Crippen molar-refractivity contribution in [3.8, 4) is 0 Å². The van der Waals surface area contributed by atoms with Crippen LogP contribution in [0.25, 0.3) is 0 Å². The van der Waals surface area contributed by atoms with E-state index in [1.165, 1.54) is 38.5 Å². The summed E-state index contributed by atoms with van der Waals surface area (Å²) in [6.07, 6.45) is 7.63. The maximum Gasteiger partial charge on any atom is 0.225 e. The summed E-state index contributed by atoms with van der Waals surface area (Å²) in [5, 5.41) is 3.53. The van der Waals surface area contributed by atoms with E-state index in [2.05, 4.69) is 17.1 Å². The minimum absolute atomic E-state index is 0.275. The van der Waals surface area contributed by atoms with Crippen LogP contribution in [0.2, 0.25) is 0 Å². The number of hydrogen-bond donors (Lipinski definition) is 1. The standard InChI is InChI=1S/C15H26N2O/c1-12(13-4-5-13)14(18)17-9-3-7-15(11-17)6-2-8-16-10-15/h12-13,16H,2-11H2,1H3. The first-order valence-corrected chi connectivity index (χ1v) is 7.70. The number of piperidine rings is 2. The summed E-state index contributed by atoms with van der Waals surface area (Å²) in [6, 6.07) is 0. The average Bonchev–Trinajstić information content (AvgIpc) is 3.22. The second kappa shape index (κ2) is 4.84. The van der Waals surface area contributed by atoms with Crippen LogP contribution < -0.4 is 5.32 Å². The van der Waals surface area contributed by atoms with Gasteiger partial charge in [0.25, 0.3) is 0 Å². The van der Waals surface area contributed by atoms with Crippen LogP contribution in [0.4, 0.5) is 0 Å². The van der Waals surface area contributed by atoms with E-state index in [1.54, 1.807) is 0 Å². The Morgan fingerprint density at radius 1 is 1.33 bits per heavy atom. The largest absolute Gasteiger partial charge is 0.342 e. The molecule has 3 nitrogen and oxygen atoms in total. The highest BCUT2D eigenvalue weighted by Crippen LogP contribution is 2.40. The number of nitrogens with one attached hydrogen (secondary N) is 1. The van der Waals surface area contributed by atoms with Crippen LogP contribution in [0.1, 0.15) is 45.4 Å². The van der Waals surface area contributed by atoms with Gasteiger partial charge in [-0.2, -0.15) is 0 Å². The van der Waals surface area contributed by atoms with Gasteiger partial charge in [0.2, 0.25) is 5.91 Å². The van der Waals surface area contributed by atoms with Gasteiger partial charge in [-0.25, -0.2) is 0 Å². The molecule has 1 aliphatic carbocycles. The molecule has 0 aromatic carbocycles. The van der Waals surface area contributed by atoms with Gasteiger partial charge in [0.1, 0.15) is 0 Å². The van der Waals surface area contributed by atoms with Crippen LogP contribution in [-0.2, 0) is 4.79 Å². The van der Waals surface area contributed by atoms with E-state index in [0.29, 0.717) is 17.2 Å². The fourth-order valence-corrected chi connectivity index (χ4v) is 3.86. The number of nitrogens with zero attached hydrogens (tertiary/aromatic N) is 1. The zero-order valence-corrected chi connectivity index (χ0v) is 11.6. The number of hydrogen-bond acceptors (Lipinski definition) is 2. The van der Waals surface area contributed by atoms with Gasteiger partial charge in [0, 0.05) is 31.0 Å². The Balaban J connectivity index is 1.63. The summed E-state index contributed by atoms with van der Waals surface area (Å²) in [6.45, 7) is 6.43. The molecule has 102 valence electrons. The minimum Gasteiger partial charge on any atom is -0.342 e. The van der Waals surface area contributed by atoms with E-state index in [-0.39, 0.29) is 5.92 Å². The molecule has 2 aliphatic heterocycles. The first-order valence-electron chi connectivity index (χ1n) is 7.70. The van der Waals surface area contributed by atoms with Crippen LogP contribution in [0.3, 0.4) is 0 Å². The van der Waals surface area contributed by atoms with Crippen molar-refractivity contribution in [1.82, 2.24) is 10.2 Å². The molecule has 3 heteroatoms. The van der Waals surface area contributed by atoms with Gasteiger partial charge in [0.15, 0.2) is 0 Å². The van der Waals surface area contributed by atoms with E-state index in [1.807, 2.05) is 0 Å². The van der Waals surface area contributed by atoms with Crippen molar-refractivity contribution in [3.05, 3.63) is 0 Å². The van der Waals surface area contributed by atoms with Crippen molar-refractivity contribution >= 4 is 5.91 Å². The molecule has 3 fully saturated rings. The third kappa shape index (κ3) is 2.42. The van der Waals surface area contributed by atoms with Crippen molar-refractivity contribution in [3.63, 3.8) is 0 Å². The Labute approximate surface area is 110 Å². The van der Waals surface area contributed by atoms with E-state index in [0.717, 1.165) is 26.2 Å². The van der Waals surface area contributed by atoms with Crippen molar-refractivity contribution in [2.45, 2.75) is 45.4 Å². The van der Waals surface area contributed by atoms with Crippen LogP contribution >= 0.6 is 0 Å². The third-order valence-corrected chi connectivity index (χ3v) is 5.25. The zero-order valence-electron chi connectivity index (χ0n) is 11.6. The van der Waals surface area contributed by atoms with Gasteiger partial charge < -0.3 is 10.2 Å². The number of likely N-dealkylation sites (tertiary alicyclic amines) is 1. The van der Waals surface area contributed by atoms with E-state index in [9.17, 15) is 4.79 Å². The lowest BCUT2D eigenvalue weighted by atomic mass is 9.74. The number of rotatable bonds is 2. The lowest BCUT2D eigenvalue weighted by molar-refractivity contribution is -0.139. The van der Waals surface area contributed by atoms with E-state index >= 15 is 0 Å². The van der Waals surface area contributed by atoms with Crippen molar-refractivity contribution in [2.75, 3.05) is 26.2 Å². The second-order valence-corrected chi connectivity index (χ2v) is 6.77. The zero-order chi connectivity index (χ0) is 12.6. The van der Waals surface area contributed by atoms with Crippen LogP contribution in [0.15, 0.2) is 0 Å². The molecule has 0 aromatic rings. The van der Waals surface area contributed by atoms with Gasteiger partial charge in [-0.3, -0.25) is 4.79 Å². The molecule has 1 N–H and O–H groups in total. The molecule has 1 spiro atoms. The maximum absolute atomic E-state index is 12.5. The molecule has 0 radical (unpaired) electrons. The highest BCUT2D eigenvalue weighted by molar-refractivity contribution is 5.79. The third-order valence-electron chi connectivity index (χ3n) is 5.25. The van der Waals surface area contributed by atoms with Gasteiger partial charge in [0.05, 0.1) is 0 Å². The number of carbonyl (C=O) groups is 1. The Kier molecular flexibility index (Phi) is 3.35. The molecular weight excluding hydrogens is 224 g/mol. The SMILES string of the molecule is CC(C(=O)N1CCCC2(CCCNC2)C1)C1CC1. The molecular formula is C15H26N2O. The van der Waals surface area contributed by atoms with Gasteiger partial charge >= 0.3 is 0 Å². The van der Waals surface area contributed by atoms with Crippen molar-refractivity contribution < 1.29 is 4.79 Å². The first kappa shape index (κ1) is 12.5. The van der Waals surface area contributed by atoms with Crippen LogP contribution in [0, 0.1) is 17.3 Å². The van der Waals surface area contributed by atoms with Crippen LogP contribution in [0.5, 0.6) is 0 Å². The molecule has 2 saturated heterocycles. The molecule has 0 bridgehead atoms. The highest BCUT2D eigenvalue weighted by Gasteiger charge is 2.41. The smallest absolute Gasteiger partial charge is 0.225 e. The molecule has 2 heterocycles. The fourth-order valence-electron chi connectivity index (χ4n) is 3.86. The summed E-state index contributed by atoms with van der Waals surface area (Å²) in [7, 11) is 0. The summed E-state index contributed by atoms with van der Waals surface area (Å²) in [5.74, 6) is 1.40. The molecule has 1 saturated carbocycles. The monoisotopic (exact) mass is 250 g/mol. The summed E-state index contributed by atoms with van der Waals surface area (Å²) in [4.78, 5) is 14.7. The summed E-state index contributed by atoms with van der Waals surface area (Å²) in [5.41, 5.74) is 0.398. The van der Waals surface area contributed by atoms with Gasteiger partial charge in [-0.1, -0.05) is 6.92 Å². The van der Waals surface area contributed by atoms with Crippen LogP contribution in [-0.4, -0.2) is 37.0 Å². The van der Waals surface area contributed by atoms with Crippen molar-refractivity contribution in [1.29, 1.82) is 0 Å². The van der Waals surface area contributed by atoms with Crippen molar-refractivity contribution in [2.24, 2.45) is 17.3 Å². The maximum atomic E-state index is 12.5. The summed E-state index contributed by atoms with van der Waals surface area (Å²) >= 11 is 0. The topological polar surface area (TPSA) is 32.3 Å². The van der Waals surface area contributed by atoms with E-state index in [4.69, 9.17) is 0 Å². The quantitative estimate of drug-likeness (QED) is 0.813. The predicted octanol–water partition coefficient (Wildman–Crippen LogP) is 2.02. The lowest BCUT2D eigenvalue weighted by Crippen LogP contribution is -2.53. The number of carbonyl (C=O) groups excluding carboxylic acids is 1. The Morgan fingerprint density at radius 2 is 2.11 bits per heavy atom. The van der Waals surface area contributed by atoms with Gasteiger partial charge in [-0.05, 0) is 51.0 Å². The molecule has 3 aliphatic rings. The molecule has 18 heavy (non-hydrogen) atoms. The first-order chi connectivity index (χ1) is 8.70. The lowest BCUT2D eigenvalue weighted by Gasteiger charge is -2.46. The molecule has 1 amide bonds. The Morgan fingerprint density at radius 3 is 2.78 bits per heavy atom. The van der Waals surface area contributed by atoms with E-state index < -0.39 is 0 Å². The molecule has 0 aromatic heterocycles. The molecule has 3 rings (SSSR count). The molecule has 2 atom stereocenters. The molecule has 2 unspecified atom stereocenters. The summed E-state index contributed by atoms with van der Waals surface area (Å²) < 4.78 is 0. The Hall–Kier alpha value is -0.570. The normalized spacial score (nSPS) is 34.6. The Bertz CT molecular complexity index is 313. The predicted molar refractivity (Wildman–Crippen MR) is 72.2 cm³/mol.